The van der Waals surface area contributed by atoms with E-state index in [1.165, 1.54) is 12.8 Å². The highest BCUT2D eigenvalue weighted by atomic mass is 15.3. The lowest BCUT2D eigenvalue weighted by molar-refractivity contribution is 0.387. The van der Waals surface area contributed by atoms with Gasteiger partial charge in [-0.05, 0) is 37.8 Å². The maximum absolute atomic E-state index is 5.51. The van der Waals surface area contributed by atoms with Crippen LogP contribution < -0.4 is 10.6 Å². The topological polar surface area (TPSA) is 55.0 Å². The van der Waals surface area contributed by atoms with Crippen LogP contribution in [0.4, 0.5) is 5.82 Å². The van der Waals surface area contributed by atoms with Gasteiger partial charge in [0.25, 0.3) is 0 Å². The number of hydrogen-bond donors (Lipinski definition) is 1. The third-order valence-electron chi connectivity index (χ3n) is 3.33. The Morgan fingerprint density at radius 1 is 1.31 bits per heavy atom. The first-order valence-corrected chi connectivity index (χ1v) is 6.00. The van der Waals surface area contributed by atoms with Gasteiger partial charge >= 0.3 is 0 Å². The first-order chi connectivity index (χ1) is 7.70. The zero-order valence-corrected chi connectivity index (χ0v) is 10.1. The van der Waals surface area contributed by atoms with E-state index in [1.54, 1.807) is 0 Å². The van der Waals surface area contributed by atoms with Gasteiger partial charge in [0.15, 0.2) is 5.82 Å². The average Bonchev–Trinajstić information content (AvgIpc) is 2.32. The average molecular weight is 220 g/mol. The number of rotatable bonds is 2. The molecule has 1 aromatic rings. The molecule has 2 rings (SSSR count). The van der Waals surface area contributed by atoms with Crippen LogP contribution in [0.5, 0.6) is 0 Å². The van der Waals surface area contributed by atoms with Gasteiger partial charge in [0, 0.05) is 19.1 Å². The largest absolute Gasteiger partial charge is 0.352 e. The fourth-order valence-corrected chi connectivity index (χ4v) is 2.22. The van der Waals surface area contributed by atoms with Gasteiger partial charge in [0.05, 0.1) is 5.69 Å². The van der Waals surface area contributed by atoms with E-state index in [0.717, 1.165) is 24.0 Å². The first-order valence-electron chi connectivity index (χ1n) is 6.00. The van der Waals surface area contributed by atoms with Gasteiger partial charge in [-0.15, -0.1) is 5.10 Å². The molecule has 0 saturated carbocycles. The Hall–Kier alpha value is -1.16. The summed E-state index contributed by atoms with van der Waals surface area (Å²) in [5, 5.41) is 8.37. The highest BCUT2D eigenvalue weighted by Crippen LogP contribution is 2.25. The summed E-state index contributed by atoms with van der Waals surface area (Å²) in [4.78, 5) is 2.35. The van der Waals surface area contributed by atoms with Crippen molar-refractivity contribution >= 4 is 5.82 Å². The molecule has 2 heterocycles. The number of aromatic nitrogens is 2. The Kier molecular flexibility index (Phi) is 3.39. The molecule has 2 N–H and O–H groups in total. The van der Waals surface area contributed by atoms with E-state index in [2.05, 4.69) is 28.9 Å². The molecule has 1 aliphatic heterocycles. The summed E-state index contributed by atoms with van der Waals surface area (Å²) in [6, 6.07) is 4.56. The first kappa shape index (κ1) is 11.3. The van der Waals surface area contributed by atoms with E-state index < -0.39 is 0 Å². The Balaban J connectivity index is 2.15. The molecule has 0 amide bonds. The second-order valence-corrected chi connectivity index (χ2v) is 4.77. The Bertz CT molecular complexity index is 335. The van der Waals surface area contributed by atoms with Crippen molar-refractivity contribution in [1.29, 1.82) is 0 Å². The Morgan fingerprint density at radius 3 is 2.75 bits per heavy atom. The smallest absolute Gasteiger partial charge is 0.151 e. The molecule has 16 heavy (non-hydrogen) atoms. The van der Waals surface area contributed by atoms with Crippen molar-refractivity contribution in [2.24, 2.45) is 11.7 Å². The van der Waals surface area contributed by atoms with Crippen LogP contribution in [-0.2, 0) is 6.54 Å². The normalized spacial score (nSPS) is 25.8. The van der Waals surface area contributed by atoms with Crippen LogP contribution in [0.25, 0.3) is 0 Å². The molecule has 0 aromatic carbocycles. The van der Waals surface area contributed by atoms with Crippen LogP contribution in [0.1, 0.15) is 32.4 Å². The van der Waals surface area contributed by atoms with E-state index >= 15 is 0 Å². The monoisotopic (exact) mass is 220 g/mol. The van der Waals surface area contributed by atoms with E-state index in [1.807, 2.05) is 12.1 Å². The van der Waals surface area contributed by atoms with Crippen LogP contribution in [0, 0.1) is 5.92 Å². The molecule has 1 saturated heterocycles. The molecule has 2 unspecified atom stereocenters. The maximum atomic E-state index is 5.51. The van der Waals surface area contributed by atoms with Crippen LogP contribution in [0.15, 0.2) is 12.1 Å². The highest BCUT2D eigenvalue weighted by molar-refractivity contribution is 5.39. The van der Waals surface area contributed by atoms with Crippen LogP contribution >= 0.6 is 0 Å². The molecular formula is C12H20N4. The van der Waals surface area contributed by atoms with Gasteiger partial charge in [0.1, 0.15) is 0 Å². The SMILES string of the molecule is CC1CCC(C)N(c2ccc(CN)nn2)C1. The molecule has 1 aromatic heterocycles. The summed E-state index contributed by atoms with van der Waals surface area (Å²) in [5.41, 5.74) is 6.36. The number of nitrogens with zero attached hydrogens (tertiary/aromatic N) is 3. The van der Waals surface area contributed by atoms with Crippen molar-refractivity contribution in [1.82, 2.24) is 10.2 Å². The summed E-state index contributed by atoms with van der Waals surface area (Å²) < 4.78 is 0. The second-order valence-electron chi connectivity index (χ2n) is 4.77. The van der Waals surface area contributed by atoms with E-state index in [-0.39, 0.29) is 0 Å². The summed E-state index contributed by atoms with van der Waals surface area (Å²) >= 11 is 0. The standard InChI is InChI=1S/C12H20N4/c1-9-3-4-10(2)16(8-9)12-6-5-11(7-13)14-15-12/h5-6,9-10H,3-4,7-8,13H2,1-2H3. The molecule has 0 bridgehead atoms. The van der Waals surface area contributed by atoms with Gasteiger partial charge < -0.3 is 10.6 Å². The molecule has 4 nitrogen and oxygen atoms in total. The second kappa shape index (κ2) is 4.78. The molecule has 1 fully saturated rings. The maximum Gasteiger partial charge on any atom is 0.151 e. The van der Waals surface area contributed by atoms with Crippen molar-refractivity contribution in [3.63, 3.8) is 0 Å². The fourth-order valence-electron chi connectivity index (χ4n) is 2.22. The lowest BCUT2D eigenvalue weighted by Crippen LogP contribution is -2.41. The predicted molar refractivity (Wildman–Crippen MR) is 65.1 cm³/mol. The summed E-state index contributed by atoms with van der Waals surface area (Å²) in [6.07, 6.45) is 2.55. The van der Waals surface area contributed by atoms with Crippen molar-refractivity contribution in [2.75, 3.05) is 11.4 Å². The van der Waals surface area contributed by atoms with E-state index in [0.29, 0.717) is 12.6 Å². The van der Waals surface area contributed by atoms with Gasteiger partial charge in [-0.1, -0.05) is 6.92 Å². The minimum absolute atomic E-state index is 0.458. The number of hydrogen-bond acceptors (Lipinski definition) is 4. The molecule has 0 spiro atoms. The fraction of sp³-hybridized carbons (Fsp3) is 0.667. The van der Waals surface area contributed by atoms with Gasteiger partial charge in [-0.3, -0.25) is 0 Å². The van der Waals surface area contributed by atoms with E-state index in [4.69, 9.17) is 5.73 Å². The third kappa shape index (κ3) is 2.32. The molecule has 0 aliphatic carbocycles. The van der Waals surface area contributed by atoms with Crippen molar-refractivity contribution in [2.45, 2.75) is 39.3 Å². The van der Waals surface area contributed by atoms with Crippen LogP contribution in [0.2, 0.25) is 0 Å². The minimum Gasteiger partial charge on any atom is -0.352 e. The quantitative estimate of drug-likeness (QED) is 0.821. The number of piperidine rings is 1. The lowest BCUT2D eigenvalue weighted by atomic mass is 9.95. The number of nitrogens with two attached hydrogens (primary N) is 1. The van der Waals surface area contributed by atoms with Crippen LogP contribution in [-0.4, -0.2) is 22.8 Å². The van der Waals surface area contributed by atoms with Crippen LogP contribution in [0.3, 0.4) is 0 Å². The van der Waals surface area contributed by atoms with Gasteiger partial charge in [-0.2, -0.15) is 5.10 Å². The zero-order chi connectivity index (χ0) is 11.5. The molecule has 0 radical (unpaired) electrons. The summed E-state index contributed by atoms with van der Waals surface area (Å²) in [5.74, 6) is 1.73. The zero-order valence-electron chi connectivity index (χ0n) is 10.1. The van der Waals surface area contributed by atoms with Crippen molar-refractivity contribution < 1.29 is 0 Å². The molecule has 4 heteroatoms. The van der Waals surface area contributed by atoms with Crippen molar-refractivity contribution in [3.8, 4) is 0 Å². The highest BCUT2D eigenvalue weighted by Gasteiger charge is 2.23. The van der Waals surface area contributed by atoms with Crippen molar-refractivity contribution in [3.05, 3.63) is 17.8 Å². The van der Waals surface area contributed by atoms with E-state index in [9.17, 15) is 0 Å². The molecule has 2 atom stereocenters. The Labute approximate surface area is 96.9 Å². The third-order valence-corrected chi connectivity index (χ3v) is 3.33. The predicted octanol–water partition coefficient (Wildman–Crippen LogP) is 1.56. The molecular weight excluding hydrogens is 200 g/mol. The molecule has 1 aliphatic rings. The summed E-state index contributed by atoms with van der Waals surface area (Å²) in [7, 11) is 0. The lowest BCUT2D eigenvalue weighted by Gasteiger charge is -2.37. The minimum atomic E-state index is 0.458. The summed E-state index contributed by atoms with van der Waals surface area (Å²) in [6.45, 7) is 6.09. The van der Waals surface area contributed by atoms with Gasteiger partial charge in [-0.25, -0.2) is 0 Å². The molecule has 88 valence electrons. The van der Waals surface area contributed by atoms with Gasteiger partial charge in [0.2, 0.25) is 0 Å². The number of anilines is 1. The Morgan fingerprint density at radius 2 is 2.12 bits per heavy atom.